The van der Waals surface area contributed by atoms with Gasteiger partial charge in [-0.1, -0.05) is 6.07 Å². The molecule has 0 saturated heterocycles. The monoisotopic (exact) mass is 284 g/mol. The van der Waals surface area contributed by atoms with Crippen LogP contribution in [-0.4, -0.2) is 28.7 Å². The summed E-state index contributed by atoms with van der Waals surface area (Å²) in [4.78, 5) is 4.43. The maximum Gasteiger partial charge on any atom is 0.137 e. The van der Waals surface area contributed by atoms with E-state index >= 15 is 0 Å². The maximum atomic E-state index is 10.5. The van der Waals surface area contributed by atoms with Crippen LogP contribution in [-0.2, 0) is 0 Å². The SMILES string of the molecule is COc1cc(OC)cc(C(O)c2cn3ccccc3n2)c1. The summed E-state index contributed by atoms with van der Waals surface area (Å²) >= 11 is 0. The third-order valence-corrected chi connectivity index (χ3v) is 3.35. The number of nitrogens with zero attached hydrogens (tertiary/aromatic N) is 2. The average molecular weight is 284 g/mol. The minimum absolute atomic E-state index is 0.580. The van der Waals surface area contributed by atoms with E-state index in [4.69, 9.17) is 9.47 Å². The Morgan fingerprint density at radius 2 is 1.81 bits per heavy atom. The van der Waals surface area contributed by atoms with Crippen molar-refractivity contribution in [3.05, 3.63) is 60.0 Å². The molecule has 108 valence electrons. The lowest BCUT2D eigenvalue weighted by Gasteiger charge is -2.12. The van der Waals surface area contributed by atoms with Crippen molar-refractivity contribution in [3.8, 4) is 11.5 Å². The number of ether oxygens (including phenoxy) is 2. The van der Waals surface area contributed by atoms with E-state index in [1.807, 2.05) is 35.0 Å². The number of fused-ring (bicyclic) bond motifs is 1. The Kier molecular flexibility index (Phi) is 3.50. The molecule has 1 atom stereocenters. The zero-order valence-corrected chi connectivity index (χ0v) is 11.9. The van der Waals surface area contributed by atoms with Crippen LogP contribution in [0.4, 0.5) is 0 Å². The lowest BCUT2D eigenvalue weighted by Crippen LogP contribution is -2.01. The first-order valence-corrected chi connectivity index (χ1v) is 6.56. The normalized spacial score (nSPS) is 12.3. The summed E-state index contributed by atoms with van der Waals surface area (Å²) in [5, 5.41) is 10.5. The van der Waals surface area contributed by atoms with E-state index in [0.29, 0.717) is 22.8 Å². The molecule has 0 radical (unpaired) electrons. The molecule has 0 saturated carbocycles. The summed E-state index contributed by atoms with van der Waals surface area (Å²) in [5.74, 6) is 1.26. The summed E-state index contributed by atoms with van der Waals surface area (Å²) in [7, 11) is 3.16. The number of rotatable bonds is 4. The molecule has 1 N–H and O–H groups in total. The molecule has 2 heterocycles. The second-order valence-corrected chi connectivity index (χ2v) is 4.68. The average Bonchev–Trinajstić information content (AvgIpc) is 2.97. The molecular formula is C16H16N2O3. The lowest BCUT2D eigenvalue weighted by molar-refractivity contribution is 0.215. The number of methoxy groups -OCH3 is 2. The van der Waals surface area contributed by atoms with Crippen LogP contribution in [0, 0.1) is 0 Å². The van der Waals surface area contributed by atoms with Crippen molar-refractivity contribution in [2.45, 2.75) is 6.10 Å². The van der Waals surface area contributed by atoms with E-state index in [-0.39, 0.29) is 0 Å². The first-order chi connectivity index (χ1) is 10.2. The van der Waals surface area contributed by atoms with Crippen LogP contribution in [0.1, 0.15) is 17.4 Å². The molecule has 0 aliphatic rings. The van der Waals surface area contributed by atoms with E-state index in [1.165, 1.54) is 0 Å². The van der Waals surface area contributed by atoms with Gasteiger partial charge in [-0.05, 0) is 29.8 Å². The first-order valence-electron chi connectivity index (χ1n) is 6.56. The number of hydrogen-bond acceptors (Lipinski definition) is 4. The largest absolute Gasteiger partial charge is 0.497 e. The minimum atomic E-state index is -0.839. The summed E-state index contributed by atoms with van der Waals surface area (Å²) in [5.41, 5.74) is 2.05. The van der Waals surface area contributed by atoms with Crippen LogP contribution in [0.25, 0.3) is 5.65 Å². The van der Waals surface area contributed by atoms with Crippen molar-refractivity contribution in [2.24, 2.45) is 0 Å². The highest BCUT2D eigenvalue weighted by atomic mass is 16.5. The van der Waals surface area contributed by atoms with Crippen molar-refractivity contribution in [1.82, 2.24) is 9.38 Å². The number of pyridine rings is 1. The number of benzene rings is 1. The van der Waals surface area contributed by atoms with Crippen molar-refractivity contribution >= 4 is 5.65 Å². The summed E-state index contributed by atoms with van der Waals surface area (Å²) < 4.78 is 12.3. The van der Waals surface area contributed by atoms with Gasteiger partial charge in [-0.15, -0.1) is 0 Å². The van der Waals surface area contributed by atoms with Gasteiger partial charge in [-0.2, -0.15) is 0 Å². The summed E-state index contributed by atoms with van der Waals surface area (Å²) in [6.07, 6.45) is 2.87. The quantitative estimate of drug-likeness (QED) is 0.799. The van der Waals surface area contributed by atoms with Crippen LogP contribution >= 0.6 is 0 Å². The number of hydrogen-bond donors (Lipinski definition) is 1. The molecule has 0 aliphatic carbocycles. The summed E-state index contributed by atoms with van der Waals surface area (Å²) in [6, 6.07) is 11.0. The standard InChI is InChI=1S/C16H16N2O3/c1-20-12-7-11(8-13(9-12)21-2)16(19)14-10-18-6-4-3-5-15(18)17-14/h3-10,16,19H,1-2H3. The van der Waals surface area contributed by atoms with Gasteiger partial charge in [-0.3, -0.25) is 0 Å². The van der Waals surface area contributed by atoms with E-state index in [9.17, 15) is 5.11 Å². The zero-order chi connectivity index (χ0) is 14.8. The fraction of sp³-hybridized carbons (Fsp3) is 0.188. The zero-order valence-electron chi connectivity index (χ0n) is 11.9. The highest BCUT2D eigenvalue weighted by Gasteiger charge is 2.16. The Hall–Kier alpha value is -2.53. The Bertz CT molecular complexity index is 712. The van der Waals surface area contributed by atoms with Gasteiger partial charge in [0, 0.05) is 18.5 Å². The van der Waals surface area contributed by atoms with Crippen LogP contribution in [0.2, 0.25) is 0 Å². The number of aromatic nitrogens is 2. The molecule has 0 bridgehead atoms. The molecule has 0 fully saturated rings. The lowest BCUT2D eigenvalue weighted by atomic mass is 10.1. The molecule has 1 aromatic carbocycles. The van der Waals surface area contributed by atoms with Gasteiger partial charge in [0.25, 0.3) is 0 Å². The molecule has 21 heavy (non-hydrogen) atoms. The van der Waals surface area contributed by atoms with E-state index in [1.54, 1.807) is 32.4 Å². The molecule has 5 heteroatoms. The number of imidazole rings is 1. The van der Waals surface area contributed by atoms with Gasteiger partial charge < -0.3 is 19.0 Å². The van der Waals surface area contributed by atoms with Crippen molar-refractivity contribution < 1.29 is 14.6 Å². The van der Waals surface area contributed by atoms with Crippen molar-refractivity contribution in [3.63, 3.8) is 0 Å². The van der Waals surface area contributed by atoms with Crippen LogP contribution in [0.5, 0.6) is 11.5 Å². The fourth-order valence-electron chi connectivity index (χ4n) is 2.24. The Morgan fingerprint density at radius 3 is 2.43 bits per heavy atom. The highest BCUT2D eigenvalue weighted by Crippen LogP contribution is 2.29. The predicted molar refractivity (Wildman–Crippen MR) is 78.8 cm³/mol. The fourth-order valence-corrected chi connectivity index (χ4v) is 2.24. The number of aliphatic hydroxyl groups excluding tert-OH is 1. The third-order valence-electron chi connectivity index (χ3n) is 3.35. The van der Waals surface area contributed by atoms with Crippen LogP contribution in [0.15, 0.2) is 48.8 Å². The second-order valence-electron chi connectivity index (χ2n) is 4.68. The van der Waals surface area contributed by atoms with Gasteiger partial charge in [-0.25, -0.2) is 4.98 Å². The molecule has 3 rings (SSSR count). The van der Waals surface area contributed by atoms with Gasteiger partial charge in [0.2, 0.25) is 0 Å². The van der Waals surface area contributed by atoms with Crippen molar-refractivity contribution in [1.29, 1.82) is 0 Å². The van der Waals surface area contributed by atoms with E-state index in [0.717, 1.165) is 5.65 Å². The van der Waals surface area contributed by atoms with Gasteiger partial charge >= 0.3 is 0 Å². The molecular weight excluding hydrogens is 268 g/mol. The molecule has 2 aromatic heterocycles. The molecule has 0 amide bonds. The molecule has 0 spiro atoms. The van der Waals surface area contributed by atoms with E-state index < -0.39 is 6.10 Å². The maximum absolute atomic E-state index is 10.5. The topological polar surface area (TPSA) is 56.0 Å². The van der Waals surface area contributed by atoms with Gasteiger partial charge in [0.1, 0.15) is 23.3 Å². The second kappa shape index (κ2) is 5.46. The highest BCUT2D eigenvalue weighted by molar-refractivity contribution is 5.44. The van der Waals surface area contributed by atoms with Gasteiger partial charge in [0.05, 0.1) is 19.9 Å². The Balaban J connectivity index is 2.02. The predicted octanol–water partition coefficient (Wildman–Crippen LogP) is 2.43. The van der Waals surface area contributed by atoms with Gasteiger partial charge in [0.15, 0.2) is 0 Å². The number of aliphatic hydroxyl groups is 1. The minimum Gasteiger partial charge on any atom is -0.497 e. The van der Waals surface area contributed by atoms with Crippen molar-refractivity contribution in [2.75, 3.05) is 14.2 Å². The summed E-state index contributed by atoms with van der Waals surface area (Å²) in [6.45, 7) is 0. The Morgan fingerprint density at radius 1 is 1.10 bits per heavy atom. The smallest absolute Gasteiger partial charge is 0.137 e. The molecule has 0 aliphatic heterocycles. The van der Waals surface area contributed by atoms with Crippen LogP contribution in [0.3, 0.4) is 0 Å². The third kappa shape index (κ3) is 2.55. The molecule has 3 aromatic rings. The Labute approximate surface area is 122 Å². The van der Waals surface area contributed by atoms with E-state index in [2.05, 4.69) is 4.98 Å². The molecule has 1 unspecified atom stereocenters. The molecule has 5 nitrogen and oxygen atoms in total. The van der Waals surface area contributed by atoms with Crippen LogP contribution < -0.4 is 9.47 Å². The first kappa shape index (κ1) is 13.5.